The van der Waals surface area contributed by atoms with Crippen molar-refractivity contribution < 1.29 is 23.5 Å². The Kier molecular flexibility index (Phi) is 4.33. The van der Waals surface area contributed by atoms with Crippen LogP contribution in [0.1, 0.15) is 33.3 Å². The van der Waals surface area contributed by atoms with Crippen molar-refractivity contribution in [1.29, 1.82) is 0 Å². The Morgan fingerprint density at radius 1 is 1.24 bits per heavy atom. The zero-order chi connectivity index (χ0) is 20.9. The molecule has 10 heteroatoms. The molecule has 0 fully saturated rings. The molecule has 1 aliphatic rings. The number of carbonyl (C=O) groups is 2. The maximum absolute atomic E-state index is 13.8. The number of aromatic nitrogens is 2. The van der Waals surface area contributed by atoms with E-state index in [9.17, 15) is 28.3 Å². The largest absolute Gasteiger partial charge is 0.502 e. The Hall–Kier alpha value is -3.69. The third-order valence-corrected chi connectivity index (χ3v) is 4.89. The molecule has 0 aliphatic carbocycles. The summed E-state index contributed by atoms with van der Waals surface area (Å²) in [5.41, 5.74) is -1.41. The third kappa shape index (κ3) is 2.84. The molecule has 1 aliphatic heterocycles. The van der Waals surface area contributed by atoms with Crippen molar-refractivity contribution in [2.24, 2.45) is 0 Å². The zero-order valence-corrected chi connectivity index (χ0v) is 15.3. The first kappa shape index (κ1) is 18.7. The summed E-state index contributed by atoms with van der Waals surface area (Å²) in [6.45, 7) is 2.04. The van der Waals surface area contributed by atoms with Gasteiger partial charge < -0.3 is 15.3 Å². The molecule has 0 bridgehead atoms. The van der Waals surface area contributed by atoms with E-state index in [0.717, 1.165) is 6.07 Å². The monoisotopic (exact) mass is 402 g/mol. The summed E-state index contributed by atoms with van der Waals surface area (Å²) in [5, 5.41) is 12.8. The number of hydrogen-bond acceptors (Lipinski definition) is 4. The number of nitrogens with one attached hydrogen (secondary N) is 1. The molecule has 2 N–H and O–H groups in total. The number of pyridine rings is 1. The van der Waals surface area contributed by atoms with Gasteiger partial charge in [0, 0.05) is 30.9 Å². The third-order valence-electron chi connectivity index (χ3n) is 4.89. The topological polar surface area (TPSA) is 96.1 Å². The minimum atomic E-state index is -0.999. The van der Waals surface area contributed by atoms with Crippen LogP contribution < -0.4 is 10.7 Å². The predicted octanol–water partition coefficient (Wildman–Crippen LogP) is 1.45. The Balaban J connectivity index is 1.75. The van der Waals surface area contributed by atoms with Gasteiger partial charge in [-0.1, -0.05) is 6.07 Å². The molecule has 8 nitrogen and oxygen atoms in total. The van der Waals surface area contributed by atoms with Gasteiger partial charge >= 0.3 is 0 Å². The van der Waals surface area contributed by atoms with Crippen LogP contribution in [0.2, 0.25) is 0 Å². The summed E-state index contributed by atoms with van der Waals surface area (Å²) < 4.78 is 29.7. The first-order chi connectivity index (χ1) is 13.8. The molecule has 0 saturated heterocycles. The molecule has 3 heterocycles. The van der Waals surface area contributed by atoms with Crippen molar-refractivity contribution >= 4 is 17.3 Å². The molecule has 150 valence electrons. The van der Waals surface area contributed by atoms with Gasteiger partial charge in [0.05, 0.1) is 5.52 Å². The number of carbonyl (C=O) groups excluding carboxylic acids is 2. The standard InChI is InChI=1S/C19H16F2N4O4/c1-2-23-9-24-6-5-13-14(16(26)17(27)15(19(23)29)25(13)24)18(28)22-8-10-3-4-11(20)7-12(10)21/h3-7,27H,2,8-9H2,1H3,(H,22,28). The van der Waals surface area contributed by atoms with Crippen LogP contribution in [-0.4, -0.2) is 37.6 Å². The Labute approximate surface area is 162 Å². The van der Waals surface area contributed by atoms with Crippen LogP contribution in [0.5, 0.6) is 5.75 Å². The number of benzene rings is 1. The van der Waals surface area contributed by atoms with E-state index in [0.29, 0.717) is 12.6 Å². The van der Waals surface area contributed by atoms with Crippen molar-refractivity contribution in [2.45, 2.75) is 20.1 Å². The van der Waals surface area contributed by atoms with E-state index in [4.69, 9.17) is 0 Å². The van der Waals surface area contributed by atoms with Gasteiger partial charge in [-0.25, -0.2) is 13.3 Å². The lowest BCUT2D eigenvalue weighted by atomic mass is 10.1. The van der Waals surface area contributed by atoms with Gasteiger partial charge in [0.25, 0.3) is 11.8 Å². The highest BCUT2D eigenvalue weighted by Crippen LogP contribution is 2.24. The predicted molar refractivity (Wildman–Crippen MR) is 97.6 cm³/mol. The van der Waals surface area contributed by atoms with Crippen LogP contribution in [0.25, 0.3) is 5.52 Å². The van der Waals surface area contributed by atoms with E-state index in [1.54, 1.807) is 17.8 Å². The van der Waals surface area contributed by atoms with Crippen LogP contribution in [-0.2, 0) is 13.2 Å². The molecule has 2 amide bonds. The summed E-state index contributed by atoms with van der Waals surface area (Å²) in [6.07, 6.45) is 1.59. The first-order valence-corrected chi connectivity index (χ1v) is 8.82. The summed E-state index contributed by atoms with van der Waals surface area (Å²) in [6, 6.07) is 4.41. The van der Waals surface area contributed by atoms with Crippen molar-refractivity contribution in [3.8, 4) is 5.75 Å². The highest BCUT2D eigenvalue weighted by molar-refractivity contribution is 6.04. The average Bonchev–Trinajstić information content (AvgIpc) is 3.09. The first-order valence-electron chi connectivity index (χ1n) is 8.82. The molecule has 0 saturated carbocycles. The normalized spacial score (nSPS) is 13.2. The van der Waals surface area contributed by atoms with Gasteiger partial charge in [-0.2, -0.15) is 0 Å². The molecule has 0 spiro atoms. The molecule has 1 aromatic carbocycles. The van der Waals surface area contributed by atoms with Crippen molar-refractivity contribution in [1.82, 2.24) is 19.4 Å². The number of aromatic hydroxyl groups is 1. The van der Waals surface area contributed by atoms with E-state index in [2.05, 4.69) is 5.32 Å². The highest BCUT2D eigenvalue weighted by Gasteiger charge is 2.32. The Morgan fingerprint density at radius 2 is 2.00 bits per heavy atom. The van der Waals surface area contributed by atoms with Crippen molar-refractivity contribution in [2.75, 3.05) is 6.54 Å². The second kappa shape index (κ2) is 6.73. The van der Waals surface area contributed by atoms with Crippen LogP contribution in [0.4, 0.5) is 8.78 Å². The smallest absolute Gasteiger partial charge is 0.277 e. The van der Waals surface area contributed by atoms with Gasteiger partial charge in [-0.15, -0.1) is 0 Å². The van der Waals surface area contributed by atoms with Gasteiger partial charge in [0.15, 0.2) is 11.4 Å². The van der Waals surface area contributed by atoms with Gasteiger partial charge in [-0.05, 0) is 19.1 Å². The van der Waals surface area contributed by atoms with E-state index < -0.39 is 34.6 Å². The summed E-state index contributed by atoms with van der Waals surface area (Å²) in [7, 11) is 0. The van der Waals surface area contributed by atoms with Crippen LogP contribution in [0.3, 0.4) is 0 Å². The molecule has 3 aromatic rings. The number of amides is 2. The lowest BCUT2D eigenvalue weighted by molar-refractivity contribution is 0.0641. The number of halogens is 2. The lowest BCUT2D eigenvalue weighted by Gasteiger charge is -2.28. The average molecular weight is 402 g/mol. The fourth-order valence-electron chi connectivity index (χ4n) is 3.40. The maximum atomic E-state index is 13.8. The maximum Gasteiger partial charge on any atom is 0.277 e. The van der Waals surface area contributed by atoms with E-state index in [-0.39, 0.29) is 35.6 Å². The molecule has 4 rings (SSSR count). The van der Waals surface area contributed by atoms with E-state index in [1.807, 2.05) is 0 Å². The fourth-order valence-corrected chi connectivity index (χ4v) is 3.40. The molecule has 0 radical (unpaired) electrons. The molecule has 29 heavy (non-hydrogen) atoms. The number of nitrogens with zero attached hydrogens (tertiary/aromatic N) is 3. The molecular weight excluding hydrogens is 386 g/mol. The van der Waals surface area contributed by atoms with E-state index in [1.165, 1.54) is 21.5 Å². The fraction of sp³-hybridized carbons (Fsp3) is 0.211. The quantitative estimate of drug-likeness (QED) is 0.691. The highest BCUT2D eigenvalue weighted by atomic mass is 19.1. The van der Waals surface area contributed by atoms with Crippen LogP contribution >= 0.6 is 0 Å². The summed E-state index contributed by atoms with van der Waals surface area (Å²) in [5.74, 6) is -3.79. The summed E-state index contributed by atoms with van der Waals surface area (Å²) >= 11 is 0. The van der Waals surface area contributed by atoms with Crippen LogP contribution in [0, 0.1) is 11.6 Å². The Bertz CT molecular complexity index is 1230. The number of hydrogen-bond donors (Lipinski definition) is 2. The second-order valence-corrected chi connectivity index (χ2v) is 6.57. The number of rotatable bonds is 4. The van der Waals surface area contributed by atoms with Crippen LogP contribution in [0.15, 0.2) is 35.3 Å². The molecule has 2 aromatic heterocycles. The van der Waals surface area contributed by atoms with Gasteiger partial charge in [-0.3, -0.25) is 19.1 Å². The lowest BCUT2D eigenvalue weighted by Crippen LogP contribution is -2.41. The second-order valence-electron chi connectivity index (χ2n) is 6.57. The molecule has 0 atom stereocenters. The van der Waals surface area contributed by atoms with Crippen molar-refractivity contribution in [3.63, 3.8) is 0 Å². The Morgan fingerprint density at radius 3 is 2.69 bits per heavy atom. The zero-order valence-electron chi connectivity index (χ0n) is 15.3. The minimum absolute atomic E-state index is 0.0318. The van der Waals surface area contributed by atoms with E-state index >= 15 is 0 Å². The summed E-state index contributed by atoms with van der Waals surface area (Å²) in [4.78, 5) is 39.4. The van der Waals surface area contributed by atoms with Gasteiger partial charge in [0.1, 0.15) is 23.9 Å². The molecular formula is C19H16F2N4O4. The SMILES string of the molecule is CCN1Cn2ccc3c(C(=O)NCc4ccc(F)cc4F)c(=O)c(O)c(n32)C1=O. The van der Waals surface area contributed by atoms with Gasteiger partial charge in [0.2, 0.25) is 5.43 Å². The molecule has 0 unspecified atom stereocenters. The minimum Gasteiger partial charge on any atom is -0.502 e. The van der Waals surface area contributed by atoms with Crippen molar-refractivity contribution in [3.05, 3.63) is 69.1 Å².